The molecular weight excluding hydrogens is 837 g/mol. The lowest BCUT2D eigenvalue weighted by molar-refractivity contribution is 0.802. The van der Waals surface area contributed by atoms with E-state index in [1.165, 1.54) is 105 Å². The second kappa shape index (κ2) is 15.3. The molecule has 11 aromatic carbocycles. The lowest BCUT2D eigenvalue weighted by Gasteiger charge is -2.35. The van der Waals surface area contributed by atoms with Crippen molar-refractivity contribution in [2.45, 2.75) is 32.0 Å². The van der Waals surface area contributed by atoms with Crippen LogP contribution in [-0.4, -0.2) is 8.07 Å². The Balaban J connectivity index is 1.20. The van der Waals surface area contributed by atoms with Gasteiger partial charge in [-0.1, -0.05) is 196 Å². The van der Waals surface area contributed by atoms with Crippen molar-refractivity contribution >= 4 is 79.7 Å². The molecule has 13 rings (SSSR count). The molecule has 0 fully saturated rings. The highest BCUT2D eigenvalue weighted by atomic mass is 28.3. The molecule has 324 valence electrons. The summed E-state index contributed by atoms with van der Waals surface area (Å²) in [5.41, 5.74) is 18.2. The van der Waals surface area contributed by atoms with Crippen LogP contribution in [0.4, 0.5) is 34.1 Å². The van der Waals surface area contributed by atoms with Gasteiger partial charge in [-0.15, -0.1) is 0 Å². The first-order valence-electron chi connectivity index (χ1n) is 23.9. The van der Waals surface area contributed by atoms with Crippen molar-refractivity contribution in [1.82, 2.24) is 0 Å². The van der Waals surface area contributed by atoms with E-state index in [1.54, 1.807) is 0 Å². The zero-order valence-electron chi connectivity index (χ0n) is 38.8. The third-order valence-corrected chi connectivity index (χ3v) is 16.9. The van der Waals surface area contributed by atoms with Gasteiger partial charge in [0.15, 0.2) is 0 Å². The van der Waals surface area contributed by atoms with E-state index in [-0.39, 0.29) is 0 Å². The first-order chi connectivity index (χ1) is 33.3. The van der Waals surface area contributed by atoms with E-state index in [2.05, 4.69) is 267 Å². The predicted molar refractivity (Wildman–Crippen MR) is 292 cm³/mol. The fraction of sp³-hybridized carbons (Fsp3) is 0.0769. The van der Waals surface area contributed by atoms with Crippen LogP contribution in [0.5, 0.6) is 0 Å². The Morgan fingerprint density at radius 2 is 0.853 bits per heavy atom. The van der Waals surface area contributed by atoms with Crippen LogP contribution in [0.1, 0.15) is 27.8 Å². The molecule has 0 atom stereocenters. The fourth-order valence-electron chi connectivity index (χ4n) is 12.1. The summed E-state index contributed by atoms with van der Waals surface area (Å²) in [7, 11) is -1.84. The number of nitrogens with zero attached hydrogens (tertiary/aromatic N) is 2. The van der Waals surface area contributed by atoms with Crippen LogP contribution in [0.2, 0.25) is 19.6 Å². The molecule has 1 spiro atoms. The van der Waals surface area contributed by atoms with Crippen molar-refractivity contribution in [1.29, 1.82) is 0 Å². The molecule has 68 heavy (non-hydrogen) atoms. The summed E-state index contributed by atoms with van der Waals surface area (Å²) < 4.78 is 0. The summed E-state index contributed by atoms with van der Waals surface area (Å²) >= 11 is 0. The Hall–Kier alpha value is -7.98. The maximum Gasteiger partial charge on any atom is 0.0803 e. The molecule has 0 saturated heterocycles. The molecule has 2 aliphatic rings. The second-order valence-corrected chi connectivity index (χ2v) is 24.7. The lowest BCUT2D eigenvalue weighted by Crippen LogP contribution is -2.40. The number of hydrogen-bond acceptors (Lipinski definition) is 2. The SMILES string of the molecule is Cc1ccccc1N(c1ccccc1)c1ccc2c3c(c4ccccc4c2c1)-c1c(cc(N(c2ccccc2)c2ccccc2[Si](C)(C)C)c2ccccc12)C31c2ccccc2-c2ccccc21. The summed E-state index contributed by atoms with van der Waals surface area (Å²) in [5.74, 6) is 0. The summed E-state index contributed by atoms with van der Waals surface area (Å²) in [4.78, 5) is 5.00. The van der Waals surface area contributed by atoms with E-state index in [1.807, 2.05) is 0 Å². The van der Waals surface area contributed by atoms with E-state index in [9.17, 15) is 0 Å². The number of rotatable bonds is 7. The molecule has 0 heterocycles. The third kappa shape index (κ3) is 5.76. The zero-order valence-corrected chi connectivity index (χ0v) is 39.8. The van der Waals surface area contributed by atoms with Gasteiger partial charge < -0.3 is 9.80 Å². The van der Waals surface area contributed by atoms with Crippen LogP contribution in [0.3, 0.4) is 0 Å². The molecule has 0 unspecified atom stereocenters. The fourth-order valence-corrected chi connectivity index (χ4v) is 13.7. The van der Waals surface area contributed by atoms with Crippen molar-refractivity contribution in [3.63, 3.8) is 0 Å². The highest BCUT2D eigenvalue weighted by Crippen LogP contribution is 2.67. The second-order valence-electron chi connectivity index (χ2n) is 19.6. The highest BCUT2D eigenvalue weighted by molar-refractivity contribution is 6.89. The first-order valence-corrected chi connectivity index (χ1v) is 27.4. The van der Waals surface area contributed by atoms with Crippen molar-refractivity contribution in [2.75, 3.05) is 9.80 Å². The maximum atomic E-state index is 2.61. The highest BCUT2D eigenvalue weighted by Gasteiger charge is 2.54. The van der Waals surface area contributed by atoms with Crippen LogP contribution in [0.15, 0.2) is 231 Å². The smallest absolute Gasteiger partial charge is 0.0803 e. The first kappa shape index (κ1) is 40.3. The van der Waals surface area contributed by atoms with Gasteiger partial charge in [0.05, 0.1) is 19.2 Å². The maximum absolute atomic E-state index is 2.61. The van der Waals surface area contributed by atoms with Crippen LogP contribution in [0.25, 0.3) is 54.6 Å². The Morgan fingerprint density at radius 3 is 1.50 bits per heavy atom. The monoisotopic (exact) mass is 886 g/mol. The Morgan fingerprint density at radius 1 is 0.338 bits per heavy atom. The van der Waals surface area contributed by atoms with Gasteiger partial charge in [-0.2, -0.15) is 0 Å². The van der Waals surface area contributed by atoms with E-state index in [4.69, 9.17) is 0 Å². The molecule has 0 aromatic heterocycles. The molecular formula is C65H50N2Si. The Labute approximate surface area is 400 Å². The number of aryl methyl sites for hydroxylation is 1. The number of fused-ring (bicyclic) bond motifs is 17. The minimum absolute atomic E-state index is 0.629. The predicted octanol–water partition coefficient (Wildman–Crippen LogP) is 17.3. The minimum atomic E-state index is -1.84. The van der Waals surface area contributed by atoms with Crippen LogP contribution in [-0.2, 0) is 5.41 Å². The number of para-hydroxylation sites is 4. The topological polar surface area (TPSA) is 6.48 Å². The standard InChI is InChI=1S/C65H50N2Si/c1-43-23-11-20-36-58(43)66(44-24-7-5-8-25-44)46-39-40-53-54(41-46)47-28-12-14-32-51(47)63-62-52-33-15-13-31-50(52)60(67(45-26-9-6-10-27-45)59-37-21-22-38-61(59)68(2,3)4)42-57(62)65(64(53)63)55-34-18-16-29-48(55)49-30-17-19-35-56(49)65/h5-42H,1-4H3. The summed E-state index contributed by atoms with van der Waals surface area (Å²) in [6.45, 7) is 9.62. The zero-order chi connectivity index (χ0) is 45.7. The van der Waals surface area contributed by atoms with Crippen LogP contribution >= 0.6 is 0 Å². The number of benzene rings is 11. The van der Waals surface area contributed by atoms with Crippen LogP contribution in [0, 0.1) is 6.92 Å². The summed E-state index contributed by atoms with van der Waals surface area (Å²) in [6, 6.07) is 86.6. The van der Waals surface area contributed by atoms with Crippen molar-refractivity contribution in [3.8, 4) is 22.3 Å². The van der Waals surface area contributed by atoms with Gasteiger partial charge in [0.25, 0.3) is 0 Å². The van der Waals surface area contributed by atoms with Gasteiger partial charge in [0.2, 0.25) is 0 Å². The third-order valence-electron chi connectivity index (χ3n) is 14.9. The van der Waals surface area contributed by atoms with E-state index < -0.39 is 13.5 Å². The van der Waals surface area contributed by atoms with E-state index in [0.717, 1.165) is 17.1 Å². The molecule has 0 N–H and O–H groups in total. The normalized spacial score (nSPS) is 13.1. The Kier molecular flexibility index (Phi) is 9.06. The van der Waals surface area contributed by atoms with Gasteiger partial charge in [0, 0.05) is 33.8 Å². The van der Waals surface area contributed by atoms with Gasteiger partial charge in [0.1, 0.15) is 0 Å². The van der Waals surface area contributed by atoms with Crippen molar-refractivity contribution in [2.24, 2.45) is 0 Å². The van der Waals surface area contributed by atoms with E-state index in [0.29, 0.717) is 0 Å². The summed E-state index contributed by atoms with van der Waals surface area (Å²) in [6.07, 6.45) is 0. The molecule has 0 aliphatic heterocycles. The van der Waals surface area contributed by atoms with E-state index >= 15 is 0 Å². The minimum Gasteiger partial charge on any atom is -0.310 e. The average molecular weight is 887 g/mol. The van der Waals surface area contributed by atoms with Crippen LogP contribution < -0.4 is 15.0 Å². The van der Waals surface area contributed by atoms with Gasteiger partial charge in [-0.25, -0.2) is 0 Å². The molecule has 0 saturated carbocycles. The van der Waals surface area contributed by atoms with Crippen molar-refractivity contribution in [3.05, 3.63) is 258 Å². The molecule has 0 bridgehead atoms. The quantitative estimate of drug-likeness (QED) is 0.116. The average Bonchev–Trinajstić information content (AvgIpc) is 3.86. The van der Waals surface area contributed by atoms with Gasteiger partial charge >= 0.3 is 0 Å². The largest absolute Gasteiger partial charge is 0.310 e. The number of hydrogen-bond donors (Lipinski definition) is 0. The number of anilines is 6. The molecule has 3 heteroatoms. The Bertz CT molecular complexity index is 3760. The van der Waals surface area contributed by atoms with Crippen molar-refractivity contribution < 1.29 is 0 Å². The summed E-state index contributed by atoms with van der Waals surface area (Å²) in [5, 5.41) is 8.99. The van der Waals surface area contributed by atoms with Gasteiger partial charge in [-0.3, -0.25) is 0 Å². The molecule has 2 nitrogen and oxygen atoms in total. The molecule has 0 radical (unpaired) electrons. The molecule has 11 aromatic rings. The molecule has 0 amide bonds. The lowest BCUT2D eigenvalue weighted by atomic mass is 9.69. The van der Waals surface area contributed by atoms with Gasteiger partial charge in [-0.05, 0) is 144 Å². The molecule has 2 aliphatic carbocycles.